The van der Waals surface area contributed by atoms with Crippen LogP contribution in [0, 0.1) is 5.82 Å². The van der Waals surface area contributed by atoms with Crippen molar-refractivity contribution >= 4 is 45.1 Å². The Labute approximate surface area is 222 Å². The average Bonchev–Trinajstić information content (AvgIpc) is 2.86. The number of hydrogen-bond acceptors (Lipinski definition) is 6. The van der Waals surface area contributed by atoms with E-state index in [1.807, 2.05) is 0 Å². The van der Waals surface area contributed by atoms with E-state index in [9.17, 15) is 27.2 Å². The highest BCUT2D eigenvalue weighted by Crippen LogP contribution is 2.40. The highest BCUT2D eigenvalue weighted by molar-refractivity contribution is 9.10. The Morgan fingerprint density at radius 2 is 1.92 bits per heavy atom. The fourth-order valence-corrected chi connectivity index (χ4v) is 4.52. The number of carbonyl (C=O) groups excluding carboxylic acids is 1. The monoisotopic (exact) mass is 597 g/mol. The molecule has 3 heterocycles. The normalized spacial score (nSPS) is 13.4. The third-order valence-corrected chi connectivity index (χ3v) is 6.33. The Bertz CT molecular complexity index is 1390. The molecule has 1 aliphatic heterocycles. The Hall–Kier alpha value is -3.94. The first-order valence-electron chi connectivity index (χ1n) is 11.1. The molecule has 9 nitrogen and oxygen atoms in total. The molecule has 0 radical (unpaired) electrons. The van der Waals surface area contributed by atoms with E-state index in [1.54, 1.807) is 0 Å². The summed E-state index contributed by atoms with van der Waals surface area (Å²) < 4.78 is 60.0. The summed E-state index contributed by atoms with van der Waals surface area (Å²) in [7, 11) is 1.41. The van der Waals surface area contributed by atoms with E-state index in [0.29, 0.717) is 23.9 Å². The molecular weight excluding hydrogens is 578 g/mol. The lowest BCUT2D eigenvalue weighted by Gasteiger charge is -2.38. The van der Waals surface area contributed by atoms with Crippen LogP contribution >= 0.6 is 15.9 Å². The zero-order valence-corrected chi connectivity index (χ0v) is 21.3. The van der Waals surface area contributed by atoms with E-state index < -0.39 is 29.6 Å². The summed E-state index contributed by atoms with van der Waals surface area (Å²) in [6.45, 7) is -0.0764. The van der Waals surface area contributed by atoms with Crippen LogP contribution in [0.2, 0.25) is 0 Å². The van der Waals surface area contributed by atoms with Crippen LogP contribution in [0.15, 0.2) is 47.2 Å². The van der Waals surface area contributed by atoms with Crippen LogP contribution in [0.5, 0.6) is 5.88 Å². The Kier molecular flexibility index (Phi) is 7.71. The molecule has 14 heteroatoms. The van der Waals surface area contributed by atoms with Crippen molar-refractivity contribution in [1.82, 2.24) is 15.3 Å². The van der Waals surface area contributed by atoms with E-state index in [1.165, 1.54) is 47.2 Å². The fraction of sp³-hybridized carbons (Fsp3) is 0.250. The summed E-state index contributed by atoms with van der Waals surface area (Å²) in [6.07, 6.45) is -4.75. The number of pyridine rings is 2. The van der Waals surface area contributed by atoms with Gasteiger partial charge in [0.2, 0.25) is 5.88 Å². The molecule has 0 saturated carbocycles. The number of nitrogens with zero attached hydrogens (tertiary/aromatic N) is 4. The van der Waals surface area contributed by atoms with Crippen LogP contribution in [-0.4, -0.2) is 47.4 Å². The maximum atomic E-state index is 14.2. The third-order valence-electron chi connectivity index (χ3n) is 5.74. The molecule has 2 aromatic heterocycles. The van der Waals surface area contributed by atoms with Crippen molar-refractivity contribution in [2.24, 2.45) is 0 Å². The number of amides is 2. The maximum Gasteiger partial charge on any atom is 0.417 e. The molecule has 2 N–H and O–H groups in total. The standard InChI is InChI=1S/C24H20BrF4N5O4/c1-38-19-7-6-18(20(25)32-19)34-12-33(21-16(22(34)35)10-14(11-31-21)24(27,28)29)17-5-4-15(26)9-13(17)3-2-8-30-23(36)37/h4-7,9-11,30H,2-3,8,12H2,1H3,(H,36,37). The van der Waals surface area contributed by atoms with Crippen molar-refractivity contribution in [2.45, 2.75) is 19.0 Å². The van der Waals surface area contributed by atoms with E-state index in [2.05, 4.69) is 31.2 Å². The lowest BCUT2D eigenvalue weighted by atomic mass is 10.0. The number of halogens is 5. The van der Waals surface area contributed by atoms with E-state index in [4.69, 9.17) is 9.84 Å². The fourth-order valence-electron chi connectivity index (χ4n) is 4.00. The zero-order chi connectivity index (χ0) is 27.6. The maximum absolute atomic E-state index is 14.2. The van der Waals surface area contributed by atoms with Crippen molar-refractivity contribution in [1.29, 1.82) is 0 Å². The van der Waals surface area contributed by atoms with Crippen LogP contribution in [0.3, 0.4) is 0 Å². The van der Waals surface area contributed by atoms with Gasteiger partial charge in [-0.2, -0.15) is 13.2 Å². The number of carbonyl (C=O) groups is 2. The predicted octanol–water partition coefficient (Wildman–Crippen LogP) is 5.36. The minimum atomic E-state index is -4.74. The molecular formula is C24H20BrF4N5O4. The predicted molar refractivity (Wildman–Crippen MR) is 132 cm³/mol. The summed E-state index contributed by atoms with van der Waals surface area (Å²) in [4.78, 5) is 35.1. The van der Waals surface area contributed by atoms with Gasteiger partial charge in [-0.3, -0.25) is 9.69 Å². The van der Waals surface area contributed by atoms with Crippen LogP contribution in [0.4, 0.5) is 39.5 Å². The van der Waals surface area contributed by atoms with Gasteiger partial charge in [0.25, 0.3) is 5.91 Å². The molecule has 0 fully saturated rings. The number of anilines is 3. The second-order valence-corrected chi connectivity index (χ2v) is 8.92. The summed E-state index contributed by atoms with van der Waals surface area (Å²) in [6, 6.07) is 7.63. The topological polar surface area (TPSA) is 108 Å². The number of aryl methyl sites for hydroxylation is 1. The molecule has 0 atom stereocenters. The molecule has 0 aliphatic carbocycles. The molecule has 0 spiro atoms. The zero-order valence-electron chi connectivity index (χ0n) is 19.7. The number of rotatable bonds is 7. The smallest absolute Gasteiger partial charge is 0.417 e. The Morgan fingerprint density at radius 3 is 2.58 bits per heavy atom. The molecule has 1 aliphatic rings. The van der Waals surface area contributed by atoms with Crippen LogP contribution < -0.4 is 19.9 Å². The van der Waals surface area contributed by atoms with Crippen LogP contribution in [0.1, 0.15) is 27.9 Å². The van der Waals surface area contributed by atoms with Crippen molar-refractivity contribution in [2.75, 3.05) is 30.1 Å². The number of carboxylic acid groups (broad SMARTS) is 1. The second kappa shape index (κ2) is 10.8. The molecule has 4 rings (SSSR count). The lowest BCUT2D eigenvalue weighted by molar-refractivity contribution is -0.137. The van der Waals surface area contributed by atoms with Gasteiger partial charge in [-0.05, 0) is 64.7 Å². The number of aromatic nitrogens is 2. The van der Waals surface area contributed by atoms with Crippen molar-refractivity contribution in [3.8, 4) is 5.88 Å². The highest BCUT2D eigenvalue weighted by atomic mass is 79.9. The summed E-state index contributed by atoms with van der Waals surface area (Å²) in [5.74, 6) is -1.08. The Morgan fingerprint density at radius 1 is 1.18 bits per heavy atom. The largest absolute Gasteiger partial charge is 0.481 e. The molecule has 200 valence electrons. The van der Waals surface area contributed by atoms with Crippen molar-refractivity contribution in [3.63, 3.8) is 0 Å². The first kappa shape index (κ1) is 27.1. The Balaban J connectivity index is 1.82. The van der Waals surface area contributed by atoms with Crippen LogP contribution in [0.25, 0.3) is 0 Å². The minimum Gasteiger partial charge on any atom is -0.481 e. The number of hydrogen-bond donors (Lipinski definition) is 2. The van der Waals surface area contributed by atoms with Crippen molar-refractivity contribution in [3.05, 3.63) is 69.7 Å². The van der Waals surface area contributed by atoms with Gasteiger partial charge in [0, 0.05) is 24.5 Å². The van der Waals surface area contributed by atoms with Gasteiger partial charge < -0.3 is 20.1 Å². The molecule has 0 unspecified atom stereocenters. The molecule has 3 aromatic rings. The molecule has 1 aromatic carbocycles. The van der Waals surface area contributed by atoms with Gasteiger partial charge in [-0.1, -0.05) is 0 Å². The van der Waals surface area contributed by atoms with Gasteiger partial charge in [-0.15, -0.1) is 0 Å². The number of nitrogens with one attached hydrogen (secondary N) is 1. The molecule has 0 saturated heterocycles. The number of methoxy groups -OCH3 is 1. The second-order valence-electron chi connectivity index (χ2n) is 8.17. The van der Waals surface area contributed by atoms with Gasteiger partial charge in [0.05, 0.1) is 23.9 Å². The van der Waals surface area contributed by atoms with Crippen molar-refractivity contribution < 1.29 is 37.0 Å². The number of ether oxygens (including phenoxy) is 1. The molecule has 0 bridgehead atoms. The van der Waals surface area contributed by atoms with E-state index in [0.717, 1.165) is 6.07 Å². The van der Waals surface area contributed by atoms with E-state index >= 15 is 0 Å². The summed E-state index contributed by atoms with van der Waals surface area (Å²) in [5.41, 5.74) is -0.302. The SMILES string of the molecule is COc1ccc(N2CN(c3ccc(F)cc3CCCNC(=O)O)c3ncc(C(F)(F)F)cc3C2=O)c(Br)n1. The average molecular weight is 598 g/mol. The van der Waals surface area contributed by atoms with Gasteiger partial charge in [0.1, 0.15) is 22.9 Å². The van der Waals surface area contributed by atoms with Gasteiger partial charge in [-0.25, -0.2) is 19.2 Å². The first-order valence-corrected chi connectivity index (χ1v) is 11.9. The number of alkyl halides is 3. The number of fused-ring (bicyclic) bond motifs is 1. The lowest BCUT2D eigenvalue weighted by Crippen LogP contribution is -2.46. The van der Waals surface area contributed by atoms with Crippen LogP contribution in [-0.2, 0) is 12.6 Å². The van der Waals surface area contributed by atoms with E-state index in [-0.39, 0.29) is 47.2 Å². The third kappa shape index (κ3) is 5.64. The number of benzene rings is 1. The highest BCUT2D eigenvalue weighted by Gasteiger charge is 2.38. The first-order chi connectivity index (χ1) is 18.0. The van der Waals surface area contributed by atoms with Gasteiger partial charge >= 0.3 is 12.3 Å². The van der Waals surface area contributed by atoms with Gasteiger partial charge in [0.15, 0.2) is 0 Å². The molecule has 38 heavy (non-hydrogen) atoms. The summed E-state index contributed by atoms with van der Waals surface area (Å²) >= 11 is 3.29. The molecule has 2 amide bonds. The minimum absolute atomic E-state index is 0.0339. The quantitative estimate of drug-likeness (QED) is 0.214. The summed E-state index contributed by atoms with van der Waals surface area (Å²) in [5, 5.41) is 11.0.